The van der Waals surface area contributed by atoms with Crippen molar-refractivity contribution in [2.24, 2.45) is 0 Å². The minimum absolute atomic E-state index is 0.156. The molecule has 1 N–H and O–H groups in total. The lowest BCUT2D eigenvalue weighted by molar-refractivity contribution is 0.102. The Labute approximate surface area is 137 Å². The number of carbonyl (C=O) groups is 1. The Morgan fingerprint density at radius 2 is 1.71 bits per heavy atom. The van der Waals surface area contributed by atoms with E-state index < -0.39 is 38.9 Å². The van der Waals surface area contributed by atoms with E-state index in [0.29, 0.717) is 12.5 Å². The lowest BCUT2D eigenvalue weighted by atomic mass is 10.2. The molecule has 0 aliphatic carbocycles. The molecule has 0 bridgehead atoms. The molecule has 0 heterocycles. The molecular formula is C16H14F3NO3S. The zero-order valence-electron chi connectivity index (χ0n) is 12.6. The number of benzene rings is 2. The third-order valence-electron chi connectivity index (χ3n) is 3.22. The first-order valence-corrected chi connectivity index (χ1v) is 8.69. The number of rotatable bonds is 5. The van der Waals surface area contributed by atoms with Crippen molar-refractivity contribution in [1.29, 1.82) is 0 Å². The molecule has 0 radical (unpaired) electrons. The summed E-state index contributed by atoms with van der Waals surface area (Å²) in [6.07, 6.45) is 0.357. The van der Waals surface area contributed by atoms with Gasteiger partial charge in [-0.2, -0.15) is 0 Å². The lowest BCUT2D eigenvalue weighted by Gasteiger charge is -2.11. The minimum Gasteiger partial charge on any atom is -0.319 e. The first-order valence-electron chi connectivity index (χ1n) is 7.04. The minimum atomic E-state index is -3.69. The molecule has 0 saturated carbocycles. The molecule has 0 spiro atoms. The van der Waals surface area contributed by atoms with E-state index in [-0.39, 0.29) is 16.2 Å². The molecule has 2 aromatic carbocycles. The Hall–Kier alpha value is -2.35. The van der Waals surface area contributed by atoms with Gasteiger partial charge in [-0.1, -0.05) is 19.1 Å². The van der Waals surface area contributed by atoms with Crippen LogP contribution < -0.4 is 5.32 Å². The van der Waals surface area contributed by atoms with Crippen LogP contribution in [0.25, 0.3) is 0 Å². The van der Waals surface area contributed by atoms with E-state index in [1.54, 1.807) is 6.92 Å². The molecule has 1 amide bonds. The van der Waals surface area contributed by atoms with E-state index in [1.165, 1.54) is 24.3 Å². The van der Waals surface area contributed by atoms with Gasteiger partial charge < -0.3 is 5.32 Å². The Kier molecular flexibility index (Phi) is 5.28. The van der Waals surface area contributed by atoms with Crippen molar-refractivity contribution in [3.8, 4) is 0 Å². The van der Waals surface area contributed by atoms with E-state index >= 15 is 0 Å². The first-order chi connectivity index (χ1) is 11.3. The standard InChI is InChI=1S/C16H14F3NO3S/c1-2-9-24(22,23)13-6-4-3-5-10(13)16(21)20-12-8-7-11(17)14(18)15(12)19/h3-8H,2,9H2,1H3,(H,20,21). The van der Waals surface area contributed by atoms with Crippen LogP contribution in [0.3, 0.4) is 0 Å². The summed E-state index contributed by atoms with van der Waals surface area (Å²) >= 11 is 0. The molecule has 128 valence electrons. The van der Waals surface area contributed by atoms with Gasteiger partial charge in [-0.25, -0.2) is 21.6 Å². The zero-order chi connectivity index (χ0) is 17.9. The highest BCUT2D eigenvalue weighted by Gasteiger charge is 2.23. The molecule has 0 aliphatic heterocycles. The van der Waals surface area contributed by atoms with Gasteiger partial charge >= 0.3 is 0 Å². The van der Waals surface area contributed by atoms with Crippen LogP contribution in [0.4, 0.5) is 18.9 Å². The summed E-state index contributed by atoms with van der Waals surface area (Å²) in [5.41, 5.74) is -0.781. The lowest BCUT2D eigenvalue weighted by Crippen LogP contribution is -2.18. The summed E-state index contributed by atoms with van der Waals surface area (Å²) in [5, 5.41) is 2.06. The van der Waals surface area contributed by atoms with Crippen LogP contribution in [0.1, 0.15) is 23.7 Å². The van der Waals surface area contributed by atoms with Gasteiger partial charge in [0.15, 0.2) is 27.3 Å². The van der Waals surface area contributed by atoms with Crippen LogP contribution in [0.15, 0.2) is 41.3 Å². The van der Waals surface area contributed by atoms with Gasteiger partial charge in [-0.05, 0) is 30.7 Å². The largest absolute Gasteiger partial charge is 0.319 e. The first kappa shape index (κ1) is 18.0. The van der Waals surface area contributed by atoms with E-state index in [1.807, 2.05) is 0 Å². The third kappa shape index (κ3) is 3.59. The van der Waals surface area contributed by atoms with Crippen LogP contribution in [0.5, 0.6) is 0 Å². The van der Waals surface area contributed by atoms with Crippen LogP contribution >= 0.6 is 0 Å². The van der Waals surface area contributed by atoms with Gasteiger partial charge in [0.2, 0.25) is 0 Å². The number of carbonyl (C=O) groups excluding carboxylic acids is 1. The molecule has 0 unspecified atom stereocenters. The topological polar surface area (TPSA) is 63.2 Å². The third-order valence-corrected chi connectivity index (χ3v) is 5.19. The van der Waals surface area contributed by atoms with Crippen LogP contribution in [-0.4, -0.2) is 20.1 Å². The summed E-state index contributed by atoms with van der Waals surface area (Å²) in [4.78, 5) is 12.1. The van der Waals surface area contributed by atoms with E-state index in [9.17, 15) is 26.4 Å². The van der Waals surface area contributed by atoms with Crippen molar-refractivity contribution in [2.75, 3.05) is 11.1 Å². The van der Waals surface area contributed by atoms with Crippen LogP contribution in [-0.2, 0) is 9.84 Å². The predicted molar refractivity (Wildman–Crippen MR) is 83.1 cm³/mol. The molecule has 0 fully saturated rings. The number of sulfone groups is 1. The molecule has 0 aliphatic rings. The molecule has 0 atom stereocenters. The normalized spacial score (nSPS) is 11.3. The van der Waals surface area contributed by atoms with Crippen molar-refractivity contribution in [3.05, 3.63) is 59.4 Å². The van der Waals surface area contributed by atoms with Gasteiger partial charge in [0.05, 0.1) is 21.9 Å². The summed E-state index contributed by atoms with van der Waals surface area (Å²) < 4.78 is 64.2. The molecule has 2 aromatic rings. The molecule has 0 aromatic heterocycles. The van der Waals surface area contributed by atoms with Crippen molar-refractivity contribution < 1.29 is 26.4 Å². The Morgan fingerprint density at radius 3 is 2.38 bits per heavy atom. The fraction of sp³-hybridized carbons (Fsp3) is 0.188. The maximum Gasteiger partial charge on any atom is 0.257 e. The summed E-state index contributed by atoms with van der Waals surface area (Å²) in [6, 6.07) is 6.94. The molecule has 4 nitrogen and oxygen atoms in total. The smallest absolute Gasteiger partial charge is 0.257 e. The van der Waals surface area contributed by atoms with Crippen LogP contribution in [0, 0.1) is 17.5 Å². The molecular weight excluding hydrogens is 343 g/mol. The Morgan fingerprint density at radius 1 is 1.04 bits per heavy atom. The van der Waals surface area contributed by atoms with Crippen molar-refractivity contribution in [1.82, 2.24) is 0 Å². The van der Waals surface area contributed by atoms with Crippen molar-refractivity contribution >= 4 is 21.4 Å². The highest BCUT2D eigenvalue weighted by molar-refractivity contribution is 7.91. The number of nitrogens with one attached hydrogen (secondary N) is 1. The average Bonchev–Trinajstić information content (AvgIpc) is 2.55. The monoisotopic (exact) mass is 357 g/mol. The molecule has 0 saturated heterocycles. The Bertz CT molecular complexity index is 882. The SMILES string of the molecule is CCCS(=O)(=O)c1ccccc1C(=O)Nc1ccc(F)c(F)c1F. The maximum absolute atomic E-state index is 13.6. The number of anilines is 1. The fourth-order valence-electron chi connectivity index (χ4n) is 2.12. The Balaban J connectivity index is 2.40. The second kappa shape index (κ2) is 7.04. The van der Waals surface area contributed by atoms with Gasteiger partial charge in [0.1, 0.15) is 0 Å². The number of hydrogen-bond acceptors (Lipinski definition) is 3. The molecule has 8 heteroatoms. The molecule has 2 rings (SSSR count). The molecule has 24 heavy (non-hydrogen) atoms. The van der Waals surface area contributed by atoms with E-state index in [2.05, 4.69) is 5.32 Å². The zero-order valence-corrected chi connectivity index (χ0v) is 13.5. The highest BCUT2D eigenvalue weighted by Crippen LogP contribution is 2.23. The van der Waals surface area contributed by atoms with E-state index in [0.717, 1.165) is 6.07 Å². The van der Waals surface area contributed by atoms with Crippen LogP contribution in [0.2, 0.25) is 0 Å². The van der Waals surface area contributed by atoms with Gasteiger partial charge in [-0.15, -0.1) is 0 Å². The second-order valence-corrected chi connectivity index (χ2v) is 7.07. The fourth-order valence-corrected chi connectivity index (χ4v) is 3.66. The predicted octanol–water partition coefficient (Wildman–Crippen LogP) is 3.54. The number of amides is 1. The second-order valence-electron chi connectivity index (χ2n) is 4.99. The van der Waals surface area contributed by atoms with Gasteiger partial charge in [0, 0.05) is 0 Å². The van der Waals surface area contributed by atoms with Gasteiger partial charge in [0.25, 0.3) is 5.91 Å². The van der Waals surface area contributed by atoms with Crippen molar-refractivity contribution in [3.63, 3.8) is 0 Å². The summed E-state index contributed by atoms with van der Waals surface area (Å²) in [7, 11) is -3.69. The average molecular weight is 357 g/mol. The number of halogens is 3. The summed E-state index contributed by atoms with van der Waals surface area (Å²) in [6.45, 7) is 1.68. The van der Waals surface area contributed by atoms with E-state index in [4.69, 9.17) is 0 Å². The van der Waals surface area contributed by atoms with Gasteiger partial charge in [-0.3, -0.25) is 4.79 Å². The highest BCUT2D eigenvalue weighted by atomic mass is 32.2. The summed E-state index contributed by atoms with van der Waals surface area (Å²) in [5.74, 6) is -5.76. The quantitative estimate of drug-likeness (QED) is 0.833. The number of hydrogen-bond donors (Lipinski definition) is 1. The van der Waals surface area contributed by atoms with Crippen molar-refractivity contribution in [2.45, 2.75) is 18.2 Å². The maximum atomic E-state index is 13.6.